The molecule has 0 bridgehead atoms. The maximum absolute atomic E-state index is 9.22. The van der Waals surface area contributed by atoms with E-state index in [0.29, 0.717) is 6.04 Å². The van der Waals surface area contributed by atoms with Crippen LogP contribution < -0.4 is 0 Å². The topological polar surface area (TPSA) is 27.0 Å². The number of nitriles is 1. The van der Waals surface area contributed by atoms with Crippen molar-refractivity contribution in [1.29, 1.82) is 5.26 Å². The van der Waals surface area contributed by atoms with E-state index in [-0.39, 0.29) is 5.92 Å². The van der Waals surface area contributed by atoms with Crippen LogP contribution in [0.2, 0.25) is 0 Å². The Labute approximate surface area is 101 Å². The molecule has 92 valence electrons. The molecule has 0 spiro atoms. The molecule has 1 fully saturated rings. The first-order valence-corrected chi connectivity index (χ1v) is 6.82. The van der Waals surface area contributed by atoms with Crippen molar-refractivity contribution < 1.29 is 0 Å². The summed E-state index contributed by atoms with van der Waals surface area (Å²) in [6.07, 6.45) is 7.36. The maximum atomic E-state index is 9.22. The summed E-state index contributed by atoms with van der Waals surface area (Å²) in [5.41, 5.74) is 0. The average molecular weight is 222 g/mol. The molecule has 3 atom stereocenters. The van der Waals surface area contributed by atoms with E-state index < -0.39 is 0 Å². The third-order valence-corrected chi connectivity index (χ3v) is 4.10. The Kier molecular flexibility index (Phi) is 5.84. The van der Waals surface area contributed by atoms with Crippen LogP contribution in [0.3, 0.4) is 0 Å². The number of nitrogens with zero attached hydrogens (tertiary/aromatic N) is 2. The Balaban J connectivity index is 2.54. The second kappa shape index (κ2) is 6.91. The Morgan fingerprint density at radius 2 is 2.06 bits per heavy atom. The number of hydrogen-bond donors (Lipinski definition) is 0. The molecule has 0 aromatic heterocycles. The van der Waals surface area contributed by atoms with Gasteiger partial charge >= 0.3 is 0 Å². The minimum absolute atomic E-state index is 0.268. The molecule has 2 nitrogen and oxygen atoms in total. The van der Waals surface area contributed by atoms with Gasteiger partial charge in [0.2, 0.25) is 0 Å². The minimum Gasteiger partial charge on any atom is -0.302 e. The van der Waals surface area contributed by atoms with Crippen molar-refractivity contribution in [3.63, 3.8) is 0 Å². The summed E-state index contributed by atoms with van der Waals surface area (Å²) in [7, 11) is 2.20. The summed E-state index contributed by atoms with van der Waals surface area (Å²) in [4.78, 5) is 2.43. The van der Waals surface area contributed by atoms with Crippen molar-refractivity contribution >= 4 is 0 Å². The van der Waals surface area contributed by atoms with E-state index in [1.54, 1.807) is 0 Å². The van der Waals surface area contributed by atoms with Crippen molar-refractivity contribution in [2.45, 2.75) is 58.4 Å². The van der Waals surface area contributed by atoms with Gasteiger partial charge in [0.05, 0.1) is 12.0 Å². The predicted octanol–water partition coefficient (Wildman–Crippen LogP) is 3.44. The van der Waals surface area contributed by atoms with E-state index in [2.05, 4.69) is 31.9 Å². The smallest absolute Gasteiger partial charge is 0.0672 e. The highest BCUT2D eigenvalue weighted by Gasteiger charge is 2.31. The molecule has 1 aliphatic rings. The van der Waals surface area contributed by atoms with Gasteiger partial charge in [-0.3, -0.25) is 0 Å². The molecule has 0 amide bonds. The molecule has 0 saturated heterocycles. The van der Waals surface area contributed by atoms with Gasteiger partial charge in [-0.15, -0.1) is 0 Å². The number of unbranched alkanes of at least 4 members (excludes halogenated alkanes) is 1. The van der Waals surface area contributed by atoms with Gasteiger partial charge in [0.15, 0.2) is 0 Å². The van der Waals surface area contributed by atoms with Gasteiger partial charge in [-0.2, -0.15) is 5.26 Å². The van der Waals surface area contributed by atoms with Gasteiger partial charge in [0.25, 0.3) is 0 Å². The SMILES string of the molecule is CCCCN(C)C1CC(CC)CCC1C#N. The molecular weight excluding hydrogens is 196 g/mol. The van der Waals surface area contributed by atoms with E-state index in [4.69, 9.17) is 0 Å². The van der Waals surface area contributed by atoms with Crippen LogP contribution in [0.1, 0.15) is 52.4 Å². The normalized spacial score (nSPS) is 30.3. The third kappa shape index (κ3) is 3.49. The number of rotatable bonds is 5. The summed E-state index contributed by atoms with van der Waals surface area (Å²) >= 11 is 0. The van der Waals surface area contributed by atoms with Crippen LogP contribution in [0.25, 0.3) is 0 Å². The Morgan fingerprint density at radius 3 is 2.62 bits per heavy atom. The van der Waals surface area contributed by atoms with Gasteiger partial charge < -0.3 is 4.90 Å². The van der Waals surface area contributed by atoms with Gasteiger partial charge in [-0.1, -0.05) is 26.7 Å². The highest BCUT2D eigenvalue weighted by atomic mass is 15.1. The number of hydrogen-bond acceptors (Lipinski definition) is 2. The lowest BCUT2D eigenvalue weighted by Gasteiger charge is -2.38. The molecule has 0 radical (unpaired) electrons. The largest absolute Gasteiger partial charge is 0.302 e. The first-order valence-electron chi connectivity index (χ1n) is 6.82. The van der Waals surface area contributed by atoms with Gasteiger partial charge in [-0.25, -0.2) is 0 Å². The van der Waals surface area contributed by atoms with Gasteiger partial charge in [0.1, 0.15) is 0 Å². The van der Waals surface area contributed by atoms with Gasteiger partial charge in [0, 0.05) is 6.04 Å². The Morgan fingerprint density at radius 1 is 1.31 bits per heavy atom. The molecule has 1 aliphatic carbocycles. The third-order valence-electron chi connectivity index (χ3n) is 4.10. The van der Waals surface area contributed by atoms with Crippen molar-refractivity contribution in [2.75, 3.05) is 13.6 Å². The highest BCUT2D eigenvalue weighted by molar-refractivity contribution is 4.96. The zero-order chi connectivity index (χ0) is 12.0. The van der Waals surface area contributed by atoms with Crippen molar-refractivity contribution in [3.8, 4) is 6.07 Å². The lowest BCUT2D eigenvalue weighted by atomic mass is 9.77. The fraction of sp³-hybridized carbons (Fsp3) is 0.929. The van der Waals surface area contributed by atoms with Crippen LogP contribution in [-0.2, 0) is 0 Å². The molecule has 1 rings (SSSR count). The predicted molar refractivity (Wildman–Crippen MR) is 68.1 cm³/mol. The van der Waals surface area contributed by atoms with E-state index in [1.807, 2.05) is 0 Å². The standard InChI is InChI=1S/C14H26N2/c1-4-6-9-16(3)14-10-12(5-2)7-8-13(14)11-15/h12-14H,4-10H2,1-3H3. The molecule has 0 heterocycles. The van der Waals surface area contributed by atoms with Crippen molar-refractivity contribution in [1.82, 2.24) is 4.90 Å². The van der Waals surface area contributed by atoms with Crippen LogP contribution in [0.5, 0.6) is 0 Å². The van der Waals surface area contributed by atoms with Crippen molar-refractivity contribution in [3.05, 3.63) is 0 Å². The van der Waals surface area contributed by atoms with Crippen LogP contribution in [0.15, 0.2) is 0 Å². The zero-order valence-corrected chi connectivity index (χ0v) is 11.1. The molecule has 16 heavy (non-hydrogen) atoms. The maximum Gasteiger partial charge on any atom is 0.0672 e. The lowest BCUT2D eigenvalue weighted by molar-refractivity contribution is 0.122. The van der Waals surface area contributed by atoms with E-state index in [1.165, 1.54) is 32.1 Å². The quantitative estimate of drug-likeness (QED) is 0.712. The Bertz CT molecular complexity index is 231. The van der Waals surface area contributed by atoms with Crippen molar-refractivity contribution in [2.24, 2.45) is 11.8 Å². The fourth-order valence-electron chi connectivity index (χ4n) is 2.81. The first kappa shape index (κ1) is 13.5. The second-order valence-electron chi connectivity index (χ2n) is 5.22. The summed E-state index contributed by atoms with van der Waals surface area (Å²) in [6, 6.07) is 3.02. The van der Waals surface area contributed by atoms with Crippen LogP contribution in [-0.4, -0.2) is 24.5 Å². The summed E-state index contributed by atoms with van der Waals surface area (Å²) in [5, 5.41) is 9.22. The van der Waals surface area contributed by atoms with E-state index in [9.17, 15) is 5.26 Å². The second-order valence-corrected chi connectivity index (χ2v) is 5.22. The monoisotopic (exact) mass is 222 g/mol. The van der Waals surface area contributed by atoms with E-state index >= 15 is 0 Å². The average Bonchev–Trinajstić information content (AvgIpc) is 2.35. The fourth-order valence-corrected chi connectivity index (χ4v) is 2.81. The van der Waals surface area contributed by atoms with Gasteiger partial charge in [-0.05, 0) is 45.2 Å². The minimum atomic E-state index is 0.268. The summed E-state index contributed by atoms with van der Waals surface area (Å²) in [6.45, 7) is 5.65. The van der Waals surface area contributed by atoms with Crippen LogP contribution in [0, 0.1) is 23.2 Å². The van der Waals surface area contributed by atoms with E-state index in [0.717, 1.165) is 18.9 Å². The first-order chi connectivity index (χ1) is 7.72. The lowest BCUT2D eigenvalue weighted by Crippen LogP contribution is -2.42. The molecule has 1 saturated carbocycles. The van der Waals surface area contributed by atoms with Crippen LogP contribution in [0.4, 0.5) is 0 Å². The molecular formula is C14H26N2. The molecule has 2 heteroatoms. The molecule has 0 N–H and O–H groups in total. The molecule has 0 aliphatic heterocycles. The zero-order valence-electron chi connectivity index (χ0n) is 11.1. The molecule has 0 aromatic rings. The molecule has 3 unspecified atom stereocenters. The Hall–Kier alpha value is -0.550. The summed E-state index contributed by atoms with van der Waals surface area (Å²) < 4.78 is 0. The van der Waals surface area contributed by atoms with Crippen LogP contribution >= 0.6 is 0 Å². The molecule has 0 aromatic carbocycles. The highest BCUT2D eigenvalue weighted by Crippen LogP contribution is 2.33. The summed E-state index contributed by atoms with van der Waals surface area (Å²) in [5.74, 6) is 1.11.